The zero-order valence-electron chi connectivity index (χ0n) is 21.3. The molecule has 11 nitrogen and oxygen atoms in total. The number of amides is 3. The molecule has 2 aliphatic rings. The Morgan fingerprint density at radius 3 is 2.65 bits per heavy atom. The zero-order valence-corrected chi connectivity index (χ0v) is 22.1. The van der Waals surface area contributed by atoms with Gasteiger partial charge in [-0.3, -0.25) is 29.3 Å². The molecule has 0 bridgehead atoms. The highest BCUT2D eigenvalue weighted by Crippen LogP contribution is 2.40. The van der Waals surface area contributed by atoms with Crippen LogP contribution < -0.4 is 27.4 Å². The van der Waals surface area contributed by atoms with E-state index in [1.54, 1.807) is 6.07 Å². The molecule has 3 rings (SSSR count). The fraction of sp³-hybridized carbons (Fsp3) is 0.640. The quantitative estimate of drug-likeness (QED) is 0.131. The smallest absolute Gasteiger partial charge is 0.313 e. The van der Waals surface area contributed by atoms with E-state index >= 15 is 0 Å². The van der Waals surface area contributed by atoms with E-state index in [9.17, 15) is 14.4 Å². The number of pyridine rings is 1. The molecule has 7 N–H and O–H groups in total. The summed E-state index contributed by atoms with van der Waals surface area (Å²) in [5.74, 6) is -1.28. The maximum Gasteiger partial charge on any atom is 0.313 e. The Morgan fingerprint density at radius 2 is 1.92 bits per heavy atom. The van der Waals surface area contributed by atoms with E-state index in [4.69, 9.17) is 23.1 Å². The van der Waals surface area contributed by atoms with Crippen LogP contribution >= 0.6 is 11.6 Å². The average molecular weight is 535 g/mol. The normalized spacial score (nSPS) is 19.1. The molecule has 1 aliphatic carbocycles. The van der Waals surface area contributed by atoms with Crippen molar-refractivity contribution in [3.8, 4) is 0 Å². The maximum absolute atomic E-state index is 12.6. The Hall–Kier alpha value is -2.92. The van der Waals surface area contributed by atoms with Crippen molar-refractivity contribution in [2.24, 2.45) is 16.5 Å². The van der Waals surface area contributed by atoms with Crippen molar-refractivity contribution in [1.29, 1.82) is 0 Å². The second-order valence-electron chi connectivity index (χ2n) is 9.89. The molecular formula is C25H39ClN8O3. The fourth-order valence-corrected chi connectivity index (χ4v) is 5.56. The van der Waals surface area contributed by atoms with E-state index in [2.05, 4.69) is 30.8 Å². The molecule has 1 unspecified atom stereocenters. The number of guanidine groups is 1. The highest BCUT2D eigenvalue weighted by molar-refractivity contribution is 6.39. The number of unbranched alkanes of at least 4 members (excludes halogenated alkanes) is 1. The predicted molar refractivity (Wildman–Crippen MR) is 144 cm³/mol. The molecular weight excluding hydrogens is 496 g/mol. The van der Waals surface area contributed by atoms with Crippen molar-refractivity contribution in [2.75, 3.05) is 31.5 Å². The number of likely N-dealkylation sites (tertiary alicyclic amines) is 1. The molecule has 1 aliphatic heterocycles. The highest BCUT2D eigenvalue weighted by Gasteiger charge is 2.43. The first-order chi connectivity index (χ1) is 17.8. The third kappa shape index (κ3) is 9.15. The largest absolute Gasteiger partial charge is 0.370 e. The summed E-state index contributed by atoms with van der Waals surface area (Å²) in [4.78, 5) is 47.6. The summed E-state index contributed by atoms with van der Waals surface area (Å²) in [5, 5.41) is 8.90. The lowest BCUT2D eigenvalue weighted by Crippen LogP contribution is -2.60. The van der Waals surface area contributed by atoms with Gasteiger partial charge in [0, 0.05) is 50.4 Å². The van der Waals surface area contributed by atoms with Crippen molar-refractivity contribution < 1.29 is 14.4 Å². The molecule has 204 valence electrons. The van der Waals surface area contributed by atoms with E-state index in [1.165, 1.54) is 18.8 Å². The zero-order chi connectivity index (χ0) is 26.7. The Morgan fingerprint density at radius 1 is 1.14 bits per heavy atom. The van der Waals surface area contributed by atoms with Crippen molar-refractivity contribution in [3.63, 3.8) is 0 Å². The Balaban J connectivity index is 1.46. The first-order valence-corrected chi connectivity index (χ1v) is 13.4. The summed E-state index contributed by atoms with van der Waals surface area (Å²) in [5.41, 5.74) is 11.0. The van der Waals surface area contributed by atoms with Gasteiger partial charge in [0.2, 0.25) is 5.91 Å². The Labute approximate surface area is 223 Å². The van der Waals surface area contributed by atoms with Crippen LogP contribution in [0.5, 0.6) is 0 Å². The third-order valence-electron chi connectivity index (χ3n) is 7.14. The molecule has 1 saturated carbocycles. The van der Waals surface area contributed by atoms with Gasteiger partial charge in [0.25, 0.3) is 0 Å². The first kappa shape index (κ1) is 28.6. The van der Waals surface area contributed by atoms with Crippen LogP contribution in [0.1, 0.15) is 64.2 Å². The minimum absolute atomic E-state index is 0.0211. The van der Waals surface area contributed by atoms with Gasteiger partial charge in [-0.15, -0.1) is 0 Å². The van der Waals surface area contributed by atoms with Gasteiger partial charge in [-0.2, -0.15) is 0 Å². The summed E-state index contributed by atoms with van der Waals surface area (Å²) in [7, 11) is 0. The molecule has 2 heterocycles. The predicted octanol–water partition coefficient (Wildman–Crippen LogP) is 1.52. The summed E-state index contributed by atoms with van der Waals surface area (Å²) in [6.07, 6.45) is 12.0. The summed E-state index contributed by atoms with van der Waals surface area (Å²) < 4.78 is 0. The van der Waals surface area contributed by atoms with Gasteiger partial charge >= 0.3 is 11.8 Å². The van der Waals surface area contributed by atoms with Crippen LogP contribution in [-0.4, -0.2) is 71.3 Å². The first-order valence-electron chi connectivity index (χ1n) is 13.1. The van der Waals surface area contributed by atoms with Crippen LogP contribution in [0.4, 0.5) is 5.69 Å². The summed E-state index contributed by atoms with van der Waals surface area (Å²) >= 11 is 5.90. The number of halogens is 1. The van der Waals surface area contributed by atoms with Crippen molar-refractivity contribution in [3.05, 3.63) is 23.5 Å². The molecule has 0 aromatic carbocycles. The number of nitrogens with one attached hydrogen (secondary N) is 3. The lowest BCUT2D eigenvalue weighted by molar-refractivity contribution is -0.137. The topological polar surface area (TPSA) is 168 Å². The number of carbonyl (C=O) groups excluding carboxylic acids is 3. The molecule has 12 heteroatoms. The van der Waals surface area contributed by atoms with Gasteiger partial charge in [-0.05, 0) is 44.6 Å². The van der Waals surface area contributed by atoms with Gasteiger partial charge in [0.05, 0.1) is 16.9 Å². The molecule has 1 aromatic heterocycles. The van der Waals surface area contributed by atoms with Crippen LogP contribution in [0.15, 0.2) is 23.5 Å². The molecule has 1 atom stereocenters. The van der Waals surface area contributed by atoms with Crippen LogP contribution in [-0.2, 0) is 14.4 Å². The van der Waals surface area contributed by atoms with Gasteiger partial charge < -0.3 is 27.4 Å². The number of carbonyl (C=O) groups is 3. The number of hydrogen-bond donors (Lipinski definition) is 5. The maximum atomic E-state index is 12.6. The van der Waals surface area contributed by atoms with Crippen molar-refractivity contribution >= 4 is 41.0 Å². The average Bonchev–Trinajstić information content (AvgIpc) is 2.85. The molecule has 1 aromatic rings. The molecule has 37 heavy (non-hydrogen) atoms. The second kappa shape index (κ2) is 14.1. The van der Waals surface area contributed by atoms with Gasteiger partial charge in [-0.25, -0.2) is 0 Å². The number of piperidine rings is 1. The molecule has 1 saturated heterocycles. The van der Waals surface area contributed by atoms with Crippen LogP contribution in [0.3, 0.4) is 0 Å². The highest BCUT2D eigenvalue weighted by atomic mass is 35.5. The van der Waals surface area contributed by atoms with Crippen molar-refractivity contribution in [2.45, 2.75) is 75.8 Å². The molecule has 2 fully saturated rings. The van der Waals surface area contributed by atoms with Crippen LogP contribution in [0.2, 0.25) is 5.02 Å². The minimum atomic E-state index is -0.731. The number of aliphatic imine (C=N–C) groups is 1. The number of aromatic nitrogens is 1. The van der Waals surface area contributed by atoms with E-state index in [0.717, 1.165) is 64.5 Å². The SMILES string of the molecule is NC(N)=NCCCCC(=O)NCCN1CCC(NC(=O)C(=O)Nc2cncc(Cl)c2)CC12CCCCC2. The summed E-state index contributed by atoms with van der Waals surface area (Å²) in [6, 6.07) is 1.46. The molecule has 3 amide bonds. The van der Waals surface area contributed by atoms with E-state index < -0.39 is 11.8 Å². The summed E-state index contributed by atoms with van der Waals surface area (Å²) in [6.45, 7) is 2.69. The van der Waals surface area contributed by atoms with Gasteiger partial charge in [0.15, 0.2) is 5.96 Å². The standard InChI is InChI=1S/C25H39ClN8O3/c26-18-14-20(17-29-16-18)33-23(37)22(36)32-19-7-12-34(25(15-19)8-3-1-4-9-25)13-11-30-21(35)6-2-5-10-31-24(27)28/h14,16-17,19H,1-13,15H2,(H,30,35)(H,32,36)(H,33,37)(H4,27,28,31). The van der Waals surface area contributed by atoms with E-state index in [0.29, 0.717) is 30.2 Å². The lowest BCUT2D eigenvalue weighted by Gasteiger charge is -2.52. The number of nitrogens with zero attached hydrogens (tertiary/aromatic N) is 3. The van der Waals surface area contributed by atoms with E-state index in [1.807, 2.05) is 0 Å². The third-order valence-corrected chi connectivity index (χ3v) is 7.35. The number of anilines is 1. The van der Waals surface area contributed by atoms with Gasteiger partial charge in [-0.1, -0.05) is 30.9 Å². The lowest BCUT2D eigenvalue weighted by atomic mass is 9.73. The number of rotatable bonds is 10. The fourth-order valence-electron chi connectivity index (χ4n) is 5.38. The minimum Gasteiger partial charge on any atom is -0.370 e. The van der Waals surface area contributed by atoms with E-state index in [-0.39, 0.29) is 23.4 Å². The van der Waals surface area contributed by atoms with Gasteiger partial charge in [0.1, 0.15) is 0 Å². The van der Waals surface area contributed by atoms with Crippen molar-refractivity contribution in [1.82, 2.24) is 20.5 Å². The van der Waals surface area contributed by atoms with Crippen LogP contribution in [0.25, 0.3) is 0 Å². The number of nitrogens with two attached hydrogens (primary N) is 2. The second-order valence-corrected chi connectivity index (χ2v) is 10.3. The Kier molecular flexibility index (Phi) is 10.9. The number of hydrogen-bond acceptors (Lipinski definition) is 6. The molecule has 0 radical (unpaired) electrons. The Bertz CT molecular complexity index is 963. The molecule has 1 spiro atoms. The van der Waals surface area contributed by atoms with Crippen LogP contribution in [0, 0.1) is 0 Å². The monoisotopic (exact) mass is 534 g/mol.